The van der Waals surface area contributed by atoms with Crippen LogP contribution in [-0.4, -0.2) is 29.8 Å². The molecule has 0 aliphatic carbocycles. The lowest BCUT2D eigenvalue weighted by atomic mass is 10.0. The van der Waals surface area contributed by atoms with Crippen molar-refractivity contribution in [2.24, 2.45) is 5.10 Å². The molecule has 2 aromatic rings. The minimum absolute atomic E-state index is 0.0387. The fourth-order valence-corrected chi connectivity index (χ4v) is 2.58. The molecule has 0 bridgehead atoms. The van der Waals surface area contributed by atoms with Gasteiger partial charge in [0.2, 0.25) is 0 Å². The Labute approximate surface area is 144 Å². The standard InChI is InChI=1S/C19H16N2O4/c1-12-15(18(22)21(20-12)14-6-4-3-5-7-14)10-13-8-9-17(25-2)16(11-13)19(23)24/h3-11H,1-2H3,(H,23,24). The van der Waals surface area contributed by atoms with Crippen LogP contribution in [0.15, 0.2) is 59.2 Å². The van der Waals surface area contributed by atoms with Crippen LogP contribution in [0.5, 0.6) is 5.75 Å². The number of methoxy groups -OCH3 is 1. The molecule has 0 spiro atoms. The predicted octanol–water partition coefficient (Wildman–Crippen LogP) is 3.20. The highest BCUT2D eigenvalue weighted by atomic mass is 16.5. The summed E-state index contributed by atoms with van der Waals surface area (Å²) in [5.74, 6) is -1.08. The van der Waals surface area contributed by atoms with E-state index in [-0.39, 0.29) is 17.2 Å². The van der Waals surface area contributed by atoms with Gasteiger partial charge in [-0.1, -0.05) is 24.3 Å². The summed E-state index contributed by atoms with van der Waals surface area (Å²) in [6, 6.07) is 13.9. The Balaban J connectivity index is 1.97. The zero-order valence-corrected chi connectivity index (χ0v) is 13.8. The van der Waals surface area contributed by atoms with Crippen molar-refractivity contribution in [3.05, 3.63) is 65.2 Å². The lowest BCUT2D eigenvalue weighted by molar-refractivity contribution is -0.114. The maximum absolute atomic E-state index is 12.7. The Morgan fingerprint density at radius 1 is 1.20 bits per heavy atom. The van der Waals surface area contributed by atoms with Gasteiger partial charge >= 0.3 is 5.97 Å². The molecule has 0 unspecified atom stereocenters. The third-order valence-corrected chi connectivity index (χ3v) is 3.83. The number of anilines is 1. The van der Waals surface area contributed by atoms with Crippen LogP contribution in [0.4, 0.5) is 5.69 Å². The number of benzene rings is 2. The lowest BCUT2D eigenvalue weighted by Crippen LogP contribution is -2.21. The molecular formula is C19H16N2O4. The average Bonchev–Trinajstić information content (AvgIpc) is 2.90. The molecule has 25 heavy (non-hydrogen) atoms. The molecule has 1 aliphatic rings. The number of hydrogen-bond donors (Lipinski definition) is 1. The first-order valence-corrected chi connectivity index (χ1v) is 7.59. The van der Waals surface area contributed by atoms with E-state index in [0.29, 0.717) is 22.5 Å². The summed E-state index contributed by atoms with van der Waals surface area (Å²) >= 11 is 0. The van der Waals surface area contributed by atoms with Crippen molar-refractivity contribution >= 4 is 29.4 Å². The van der Waals surface area contributed by atoms with Crippen molar-refractivity contribution in [2.75, 3.05) is 12.1 Å². The zero-order valence-electron chi connectivity index (χ0n) is 13.8. The maximum atomic E-state index is 12.7. The molecule has 1 aliphatic heterocycles. The predicted molar refractivity (Wildman–Crippen MR) is 95.0 cm³/mol. The first-order chi connectivity index (χ1) is 12.0. The summed E-state index contributed by atoms with van der Waals surface area (Å²) in [5.41, 5.74) is 2.30. The Hall–Kier alpha value is -3.41. The van der Waals surface area contributed by atoms with Crippen LogP contribution in [0.25, 0.3) is 6.08 Å². The van der Waals surface area contributed by atoms with Crippen molar-refractivity contribution in [2.45, 2.75) is 6.92 Å². The molecule has 1 amide bonds. The molecule has 0 aromatic heterocycles. The molecule has 6 nitrogen and oxygen atoms in total. The highest BCUT2D eigenvalue weighted by Crippen LogP contribution is 2.26. The molecule has 0 saturated carbocycles. The SMILES string of the molecule is COc1ccc(C=C2C(=O)N(c3ccccc3)N=C2C)cc1C(=O)O. The molecule has 1 N–H and O–H groups in total. The van der Waals surface area contributed by atoms with Gasteiger partial charge in [0.25, 0.3) is 5.91 Å². The number of amides is 1. The van der Waals surface area contributed by atoms with Crippen LogP contribution in [0, 0.1) is 0 Å². The third-order valence-electron chi connectivity index (χ3n) is 3.83. The highest BCUT2D eigenvalue weighted by molar-refractivity contribution is 6.32. The van der Waals surface area contributed by atoms with Crippen LogP contribution in [-0.2, 0) is 4.79 Å². The van der Waals surface area contributed by atoms with Gasteiger partial charge in [-0.15, -0.1) is 0 Å². The van der Waals surface area contributed by atoms with Gasteiger partial charge in [0.1, 0.15) is 11.3 Å². The number of carbonyl (C=O) groups excluding carboxylic acids is 1. The molecule has 0 radical (unpaired) electrons. The monoisotopic (exact) mass is 336 g/mol. The van der Waals surface area contributed by atoms with Crippen LogP contribution in [0.3, 0.4) is 0 Å². The van der Waals surface area contributed by atoms with Crippen molar-refractivity contribution in [1.82, 2.24) is 0 Å². The van der Waals surface area contributed by atoms with Crippen LogP contribution < -0.4 is 9.75 Å². The number of aromatic carboxylic acids is 1. The van der Waals surface area contributed by atoms with E-state index >= 15 is 0 Å². The molecule has 2 aromatic carbocycles. The molecular weight excluding hydrogens is 320 g/mol. The molecule has 126 valence electrons. The fraction of sp³-hybridized carbons (Fsp3) is 0.105. The van der Waals surface area contributed by atoms with Gasteiger partial charge in [-0.25, -0.2) is 4.79 Å². The van der Waals surface area contributed by atoms with Gasteiger partial charge in [0.05, 0.1) is 24.1 Å². The number of carboxylic acid groups (broad SMARTS) is 1. The first kappa shape index (κ1) is 16.4. The Morgan fingerprint density at radius 2 is 1.92 bits per heavy atom. The third kappa shape index (κ3) is 3.14. The Kier molecular flexibility index (Phi) is 4.35. The summed E-state index contributed by atoms with van der Waals surface area (Å²) in [4.78, 5) is 24.0. The van der Waals surface area contributed by atoms with E-state index < -0.39 is 5.97 Å². The van der Waals surface area contributed by atoms with Crippen molar-refractivity contribution in [1.29, 1.82) is 0 Å². The van der Waals surface area contributed by atoms with E-state index in [1.165, 1.54) is 18.2 Å². The minimum Gasteiger partial charge on any atom is -0.496 e. The van der Waals surface area contributed by atoms with Crippen LogP contribution >= 0.6 is 0 Å². The van der Waals surface area contributed by atoms with E-state index in [1.54, 1.807) is 37.3 Å². The molecule has 1 heterocycles. The van der Waals surface area contributed by atoms with E-state index in [2.05, 4.69) is 5.10 Å². The normalized spacial score (nSPS) is 15.4. The molecule has 3 rings (SSSR count). The lowest BCUT2D eigenvalue weighted by Gasteiger charge is -2.11. The smallest absolute Gasteiger partial charge is 0.339 e. The van der Waals surface area contributed by atoms with Gasteiger partial charge < -0.3 is 9.84 Å². The fourth-order valence-electron chi connectivity index (χ4n) is 2.58. The van der Waals surface area contributed by atoms with E-state index in [1.807, 2.05) is 18.2 Å². The maximum Gasteiger partial charge on any atom is 0.339 e. The van der Waals surface area contributed by atoms with Crippen LogP contribution in [0.1, 0.15) is 22.8 Å². The number of ether oxygens (including phenoxy) is 1. The number of hydrazone groups is 1. The molecule has 0 atom stereocenters. The van der Waals surface area contributed by atoms with E-state index in [0.717, 1.165) is 0 Å². The highest BCUT2D eigenvalue weighted by Gasteiger charge is 2.28. The van der Waals surface area contributed by atoms with Gasteiger partial charge in [-0.05, 0) is 42.8 Å². The number of para-hydroxylation sites is 1. The zero-order chi connectivity index (χ0) is 18.0. The van der Waals surface area contributed by atoms with Crippen LogP contribution in [0.2, 0.25) is 0 Å². The summed E-state index contributed by atoms with van der Waals surface area (Å²) < 4.78 is 5.05. The van der Waals surface area contributed by atoms with Crippen molar-refractivity contribution in [3.63, 3.8) is 0 Å². The van der Waals surface area contributed by atoms with Gasteiger partial charge in [-0.3, -0.25) is 4.79 Å². The van der Waals surface area contributed by atoms with Gasteiger partial charge in [0.15, 0.2) is 0 Å². The minimum atomic E-state index is -1.09. The Morgan fingerprint density at radius 3 is 2.56 bits per heavy atom. The number of carboxylic acids is 1. The van der Waals surface area contributed by atoms with Crippen molar-refractivity contribution in [3.8, 4) is 5.75 Å². The average molecular weight is 336 g/mol. The summed E-state index contributed by atoms with van der Waals surface area (Å²) in [7, 11) is 1.41. The van der Waals surface area contributed by atoms with Gasteiger partial charge in [0, 0.05) is 0 Å². The second kappa shape index (κ2) is 6.60. The number of nitrogens with zero attached hydrogens (tertiary/aromatic N) is 2. The van der Waals surface area contributed by atoms with E-state index in [9.17, 15) is 14.7 Å². The molecule has 0 saturated heterocycles. The Bertz CT molecular complexity index is 901. The largest absolute Gasteiger partial charge is 0.496 e. The first-order valence-electron chi connectivity index (χ1n) is 7.59. The van der Waals surface area contributed by atoms with E-state index in [4.69, 9.17) is 4.74 Å². The van der Waals surface area contributed by atoms with Crippen molar-refractivity contribution < 1.29 is 19.4 Å². The topological polar surface area (TPSA) is 79.2 Å². The van der Waals surface area contributed by atoms with Gasteiger partial charge in [-0.2, -0.15) is 10.1 Å². The quantitative estimate of drug-likeness (QED) is 0.870. The second-order valence-corrected chi connectivity index (χ2v) is 5.46. The summed E-state index contributed by atoms with van der Waals surface area (Å²) in [6.45, 7) is 1.74. The summed E-state index contributed by atoms with van der Waals surface area (Å²) in [5, 5.41) is 14.9. The number of hydrogen-bond acceptors (Lipinski definition) is 4. The summed E-state index contributed by atoms with van der Waals surface area (Å²) in [6.07, 6.45) is 1.63. The molecule has 0 fully saturated rings. The molecule has 6 heteroatoms. The number of carbonyl (C=O) groups is 2. The second-order valence-electron chi connectivity index (χ2n) is 5.46. The number of rotatable bonds is 4.